The highest BCUT2D eigenvalue weighted by Gasteiger charge is 2.30. The van der Waals surface area contributed by atoms with Crippen molar-refractivity contribution in [2.75, 3.05) is 23.4 Å². The minimum absolute atomic E-state index is 0.0599. The van der Waals surface area contributed by atoms with Crippen LogP contribution in [-0.4, -0.2) is 43.7 Å². The van der Waals surface area contributed by atoms with Crippen molar-refractivity contribution in [2.45, 2.75) is 37.3 Å². The summed E-state index contributed by atoms with van der Waals surface area (Å²) in [5.41, 5.74) is 1.64. The second-order valence-electron chi connectivity index (χ2n) is 6.80. The fraction of sp³-hybridized carbons (Fsp3) is 0.400. The summed E-state index contributed by atoms with van der Waals surface area (Å²) in [5.74, 6) is -0.469. The maximum absolute atomic E-state index is 13.0. The van der Waals surface area contributed by atoms with E-state index in [-0.39, 0.29) is 29.3 Å². The lowest BCUT2D eigenvalue weighted by molar-refractivity contribution is 0.0527. The number of ether oxygens (including phenoxy) is 1. The Kier molecular flexibility index (Phi) is 6.70. The van der Waals surface area contributed by atoms with Gasteiger partial charge in [-0.25, -0.2) is 13.2 Å². The fourth-order valence-electron chi connectivity index (χ4n) is 3.12. The molecule has 0 radical (unpaired) electrons. The highest BCUT2D eigenvalue weighted by atomic mass is 32.2. The minimum Gasteiger partial charge on any atom is -0.462 e. The molecule has 1 fully saturated rings. The number of sulfone groups is 1. The summed E-state index contributed by atoms with van der Waals surface area (Å²) < 4.78 is 28.6. The first kappa shape index (κ1) is 21.9. The van der Waals surface area contributed by atoms with Gasteiger partial charge < -0.3 is 10.1 Å². The molecule has 1 aromatic heterocycles. The zero-order chi connectivity index (χ0) is 21.2. The molecule has 1 unspecified atom stereocenters. The molecular formula is C20H23NO5S3. The van der Waals surface area contributed by atoms with E-state index in [9.17, 15) is 18.0 Å². The Balaban J connectivity index is 1.84. The number of carbonyl (C=O) groups excluding carboxylic acids is 2. The van der Waals surface area contributed by atoms with E-state index in [1.807, 2.05) is 26.0 Å². The summed E-state index contributed by atoms with van der Waals surface area (Å²) in [7, 11) is -2.99. The van der Waals surface area contributed by atoms with Crippen LogP contribution in [0.3, 0.4) is 0 Å². The third-order valence-electron chi connectivity index (χ3n) is 4.71. The number of thioether (sulfide) groups is 1. The van der Waals surface area contributed by atoms with E-state index in [1.165, 1.54) is 23.1 Å². The molecule has 2 heterocycles. The van der Waals surface area contributed by atoms with Gasteiger partial charge in [-0.15, -0.1) is 23.1 Å². The van der Waals surface area contributed by atoms with Gasteiger partial charge in [0.25, 0.3) is 5.91 Å². The Bertz CT molecular complexity index is 1040. The highest BCUT2D eigenvalue weighted by molar-refractivity contribution is 8.02. The Morgan fingerprint density at radius 1 is 1.28 bits per heavy atom. The molecule has 3 rings (SSSR count). The number of nitrogens with one attached hydrogen (secondary N) is 1. The number of hydrogen-bond acceptors (Lipinski definition) is 7. The number of esters is 1. The van der Waals surface area contributed by atoms with E-state index in [0.29, 0.717) is 22.5 Å². The van der Waals surface area contributed by atoms with Crippen molar-refractivity contribution in [1.82, 2.24) is 0 Å². The minimum atomic E-state index is -2.99. The quantitative estimate of drug-likeness (QED) is 0.663. The molecule has 6 nitrogen and oxygen atoms in total. The van der Waals surface area contributed by atoms with Gasteiger partial charge in [0.05, 0.1) is 29.2 Å². The van der Waals surface area contributed by atoms with E-state index in [4.69, 9.17) is 4.74 Å². The number of amides is 1. The van der Waals surface area contributed by atoms with Crippen molar-refractivity contribution in [3.05, 3.63) is 45.8 Å². The molecule has 2 aromatic rings. The second kappa shape index (κ2) is 8.89. The van der Waals surface area contributed by atoms with Crippen molar-refractivity contribution in [1.29, 1.82) is 0 Å². The van der Waals surface area contributed by atoms with Crippen molar-refractivity contribution >= 4 is 49.8 Å². The lowest BCUT2D eigenvalue weighted by Gasteiger charge is -2.13. The predicted molar refractivity (Wildman–Crippen MR) is 117 cm³/mol. The van der Waals surface area contributed by atoms with Crippen molar-refractivity contribution < 1.29 is 22.7 Å². The Morgan fingerprint density at radius 3 is 2.66 bits per heavy atom. The number of carbonyl (C=O) groups is 2. The summed E-state index contributed by atoms with van der Waals surface area (Å²) in [6.45, 7) is 5.71. The number of benzene rings is 1. The molecule has 1 aliphatic heterocycles. The van der Waals surface area contributed by atoms with Gasteiger partial charge in [-0.3, -0.25) is 4.79 Å². The van der Waals surface area contributed by atoms with Gasteiger partial charge in [0.1, 0.15) is 5.00 Å². The van der Waals surface area contributed by atoms with Crippen LogP contribution in [0.5, 0.6) is 0 Å². The molecule has 0 spiro atoms. The molecule has 1 aliphatic rings. The summed E-state index contributed by atoms with van der Waals surface area (Å²) in [6.07, 6.45) is 0.583. The second-order valence-corrected chi connectivity index (χ2v) is 11.6. The van der Waals surface area contributed by atoms with Gasteiger partial charge in [0, 0.05) is 15.0 Å². The first-order valence-corrected chi connectivity index (χ1v) is 12.8. The maximum atomic E-state index is 13.0. The van der Waals surface area contributed by atoms with E-state index >= 15 is 0 Å². The van der Waals surface area contributed by atoms with Crippen molar-refractivity contribution in [3.63, 3.8) is 0 Å². The number of hydrogen-bond donors (Lipinski definition) is 1. The number of aryl methyl sites for hydroxylation is 1. The predicted octanol–water partition coefficient (Wildman–Crippen LogP) is 4.07. The summed E-state index contributed by atoms with van der Waals surface area (Å²) in [4.78, 5) is 27.0. The number of anilines is 1. The van der Waals surface area contributed by atoms with Gasteiger partial charge >= 0.3 is 5.97 Å². The van der Waals surface area contributed by atoms with E-state index < -0.39 is 15.8 Å². The van der Waals surface area contributed by atoms with Crippen LogP contribution in [0.15, 0.2) is 29.2 Å². The molecule has 156 valence electrons. The number of rotatable bonds is 6. The van der Waals surface area contributed by atoms with Crippen LogP contribution in [0, 0.1) is 13.8 Å². The first-order chi connectivity index (χ1) is 13.7. The average molecular weight is 454 g/mol. The third-order valence-corrected chi connectivity index (χ3v) is 9.16. The monoisotopic (exact) mass is 453 g/mol. The zero-order valence-electron chi connectivity index (χ0n) is 16.5. The summed E-state index contributed by atoms with van der Waals surface area (Å²) in [6, 6.07) is 7.12. The van der Waals surface area contributed by atoms with Gasteiger partial charge in [-0.05, 0) is 44.9 Å². The Hall–Kier alpha value is -1.84. The SMILES string of the molecule is CCOC(=O)c1c(NC(=O)c2ccccc2SC2CCS(=O)(=O)C2)sc(C)c1C. The van der Waals surface area contributed by atoms with E-state index in [1.54, 1.807) is 19.1 Å². The number of thiophene rings is 1. The Labute approximate surface area is 179 Å². The molecule has 1 amide bonds. The van der Waals surface area contributed by atoms with Crippen molar-refractivity contribution in [3.8, 4) is 0 Å². The normalized spacial score (nSPS) is 17.8. The molecule has 0 aliphatic carbocycles. The van der Waals surface area contributed by atoms with Crippen LogP contribution in [0.2, 0.25) is 0 Å². The van der Waals surface area contributed by atoms with Crippen LogP contribution in [0.25, 0.3) is 0 Å². The van der Waals surface area contributed by atoms with Crippen LogP contribution >= 0.6 is 23.1 Å². The Morgan fingerprint density at radius 2 is 2.00 bits per heavy atom. The molecule has 1 atom stereocenters. The van der Waals surface area contributed by atoms with Gasteiger partial charge in [-0.1, -0.05) is 12.1 Å². The summed E-state index contributed by atoms with van der Waals surface area (Å²) >= 11 is 2.76. The molecule has 0 bridgehead atoms. The largest absolute Gasteiger partial charge is 0.462 e. The fourth-order valence-corrected chi connectivity index (χ4v) is 7.79. The van der Waals surface area contributed by atoms with Crippen LogP contribution in [0.1, 0.15) is 44.5 Å². The zero-order valence-corrected chi connectivity index (χ0v) is 18.9. The average Bonchev–Trinajstić information content (AvgIpc) is 3.14. The molecular weight excluding hydrogens is 430 g/mol. The van der Waals surface area contributed by atoms with Gasteiger partial charge in [0.15, 0.2) is 9.84 Å². The maximum Gasteiger partial charge on any atom is 0.341 e. The molecule has 1 aromatic carbocycles. The molecule has 1 N–H and O–H groups in total. The molecule has 29 heavy (non-hydrogen) atoms. The third kappa shape index (κ3) is 5.02. The van der Waals surface area contributed by atoms with Crippen LogP contribution in [-0.2, 0) is 14.6 Å². The van der Waals surface area contributed by atoms with Crippen LogP contribution < -0.4 is 5.32 Å². The lowest BCUT2D eigenvalue weighted by atomic mass is 10.1. The van der Waals surface area contributed by atoms with Crippen LogP contribution in [0.4, 0.5) is 5.00 Å². The van der Waals surface area contributed by atoms with E-state index in [2.05, 4.69) is 5.32 Å². The highest BCUT2D eigenvalue weighted by Crippen LogP contribution is 2.36. The summed E-state index contributed by atoms with van der Waals surface area (Å²) in [5, 5.41) is 3.26. The van der Waals surface area contributed by atoms with Gasteiger partial charge in [0.2, 0.25) is 0 Å². The first-order valence-electron chi connectivity index (χ1n) is 9.26. The molecule has 1 saturated heterocycles. The smallest absolute Gasteiger partial charge is 0.341 e. The lowest BCUT2D eigenvalue weighted by Crippen LogP contribution is -2.16. The topological polar surface area (TPSA) is 89.5 Å². The molecule has 9 heteroatoms. The van der Waals surface area contributed by atoms with Gasteiger partial charge in [-0.2, -0.15) is 0 Å². The van der Waals surface area contributed by atoms with Crippen molar-refractivity contribution in [2.24, 2.45) is 0 Å². The standard InChI is InChI=1S/C20H23NO5S3/c1-4-26-20(23)17-12(2)13(3)27-19(17)21-18(22)15-7-5-6-8-16(15)28-14-9-10-29(24,25)11-14/h5-8,14H,4,9-11H2,1-3H3,(H,21,22). The van der Waals surface area contributed by atoms with E-state index in [0.717, 1.165) is 15.3 Å². The molecule has 0 saturated carbocycles.